The molecule has 0 N–H and O–H groups in total. The van der Waals surface area contributed by atoms with Crippen molar-refractivity contribution < 1.29 is 14.3 Å². The van der Waals surface area contributed by atoms with E-state index in [1.54, 1.807) is 13.2 Å². The lowest BCUT2D eigenvalue weighted by atomic mass is 10.1. The summed E-state index contributed by atoms with van der Waals surface area (Å²) in [6, 6.07) is 28.1. The maximum absolute atomic E-state index is 12.8. The van der Waals surface area contributed by atoms with Gasteiger partial charge in [0.05, 0.1) is 7.11 Å². The van der Waals surface area contributed by atoms with Crippen LogP contribution in [0, 0.1) is 0 Å². The van der Waals surface area contributed by atoms with Crippen molar-refractivity contribution in [3.8, 4) is 11.5 Å². The van der Waals surface area contributed by atoms with Crippen molar-refractivity contribution in [2.45, 2.75) is 25.9 Å². The van der Waals surface area contributed by atoms with E-state index in [0.29, 0.717) is 12.2 Å². The first kappa shape index (κ1) is 23.7. The minimum Gasteiger partial charge on any atom is -0.496 e. The molecule has 0 unspecified atom stereocenters. The first-order valence-electron chi connectivity index (χ1n) is 12.6. The van der Waals surface area contributed by atoms with Crippen molar-refractivity contribution in [3.05, 3.63) is 108 Å². The largest absolute Gasteiger partial charge is 0.496 e. The summed E-state index contributed by atoms with van der Waals surface area (Å²) in [5.74, 6) is 1.55. The van der Waals surface area contributed by atoms with Crippen molar-refractivity contribution in [1.29, 1.82) is 0 Å². The summed E-state index contributed by atoms with van der Waals surface area (Å²) >= 11 is 0. The highest BCUT2D eigenvalue weighted by Crippen LogP contribution is 2.26. The fraction of sp³-hybridized carbons (Fsp3) is 0.219. The molecule has 4 aromatic rings. The van der Waals surface area contributed by atoms with Gasteiger partial charge < -0.3 is 14.4 Å². The second kappa shape index (κ2) is 11.1. The fourth-order valence-electron chi connectivity index (χ4n) is 4.69. The highest BCUT2D eigenvalue weighted by atomic mass is 16.5. The third-order valence-electron chi connectivity index (χ3n) is 6.72. The zero-order chi connectivity index (χ0) is 24.7. The average molecular weight is 478 g/mol. The van der Waals surface area contributed by atoms with E-state index in [0.717, 1.165) is 41.1 Å². The summed E-state index contributed by atoms with van der Waals surface area (Å²) in [4.78, 5) is 15.2. The zero-order valence-electron chi connectivity index (χ0n) is 20.7. The number of nitrogens with zero attached hydrogens (tertiary/aromatic N) is 1. The van der Waals surface area contributed by atoms with Crippen LogP contribution < -0.4 is 14.4 Å². The van der Waals surface area contributed by atoms with Crippen LogP contribution in [0.4, 0.5) is 5.69 Å². The van der Waals surface area contributed by atoms with Crippen LogP contribution in [0.15, 0.2) is 91.0 Å². The SMILES string of the molecule is COc1ccc(/C=C/C(=O)c2ccc(N3CCCCC3)cc2)cc1COc1ccc2ccccc2c1. The van der Waals surface area contributed by atoms with E-state index in [-0.39, 0.29) is 5.78 Å². The Hall–Kier alpha value is -4.05. The number of carbonyl (C=O) groups excluding carboxylic acids is 1. The molecule has 1 heterocycles. The molecule has 0 aromatic heterocycles. The molecule has 0 radical (unpaired) electrons. The summed E-state index contributed by atoms with van der Waals surface area (Å²) in [7, 11) is 1.65. The van der Waals surface area contributed by atoms with Crippen LogP contribution in [0.2, 0.25) is 0 Å². The van der Waals surface area contributed by atoms with Crippen molar-refractivity contribution in [2.24, 2.45) is 0 Å². The molecule has 1 aliphatic heterocycles. The van der Waals surface area contributed by atoms with Crippen LogP contribution in [0.3, 0.4) is 0 Å². The predicted octanol–water partition coefficient (Wildman–Crippen LogP) is 7.31. The Bertz CT molecular complexity index is 1370. The number of hydrogen-bond acceptors (Lipinski definition) is 4. The molecule has 0 bridgehead atoms. The number of benzene rings is 4. The number of methoxy groups -OCH3 is 1. The topological polar surface area (TPSA) is 38.8 Å². The van der Waals surface area contributed by atoms with Crippen molar-refractivity contribution in [2.75, 3.05) is 25.1 Å². The molecular weight excluding hydrogens is 446 g/mol. The molecule has 0 spiro atoms. The quantitative estimate of drug-likeness (QED) is 0.197. The Morgan fingerprint density at radius 1 is 0.861 bits per heavy atom. The van der Waals surface area contributed by atoms with Gasteiger partial charge in [-0.25, -0.2) is 0 Å². The molecule has 0 aliphatic carbocycles. The number of ketones is 1. The molecule has 5 rings (SSSR count). The highest BCUT2D eigenvalue weighted by molar-refractivity contribution is 6.07. The van der Waals surface area contributed by atoms with Crippen LogP contribution in [0.1, 0.15) is 40.7 Å². The third-order valence-corrected chi connectivity index (χ3v) is 6.72. The summed E-state index contributed by atoms with van der Waals surface area (Å²) in [6.45, 7) is 2.56. The van der Waals surface area contributed by atoms with Crippen LogP contribution in [0.5, 0.6) is 11.5 Å². The number of allylic oxidation sites excluding steroid dienone is 1. The number of fused-ring (bicyclic) bond motifs is 1. The molecule has 182 valence electrons. The standard InChI is InChI=1S/C32H31NO3/c1-35-32-18-10-24(21-28(32)23-36-30-16-13-25-7-3-4-8-27(25)22-30)9-17-31(34)26-11-14-29(15-12-26)33-19-5-2-6-20-33/h3-4,7-18,21-22H,2,5-6,19-20,23H2,1H3/b17-9+. The minimum absolute atomic E-state index is 0.00928. The molecule has 4 nitrogen and oxygen atoms in total. The van der Waals surface area contributed by atoms with Gasteiger partial charge in [0.15, 0.2) is 5.78 Å². The van der Waals surface area contributed by atoms with E-state index in [1.165, 1.54) is 30.3 Å². The van der Waals surface area contributed by atoms with E-state index >= 15 is 0 Å². The molecule has 1 fully saturated rings. The van der Waals surface area contributed by atoms with E-state index in [9.17, 15) is 4.79 Å². The summed E-state index contributed by atoms with van der Waals surface area (Å²) in [5, 5.41) is 2.32. The molecule has 4 aromatic carbocycles. The number of piperidine rings is 1. The Morgan fingerprint density at radius 3 is 2.42 bits per heavy atom. The number of anilines is 1. The number of carbonyl (C=O) groups is 1. The molecular formula is C32H31NO3. The second-order valence-electron chi connectivity index (χ2n) is 9.16. The van der Waals surface area contributed by atoms with Gasteiger partial charge in [-0.3, -0.25) is 4.79 Å². The van der Waals surface area contributed by atoms with E-state index < -0.39 is 0 Å². The molecule has 1 aliphatic rings. The predicted molar refractivity (Wildman–Crippen MR) is 147 cm³/mol. The number of hydrogen-bond donors (Lipinski definition) is 0. The normalized spacial score (nSPS) is 13.8. The molecule has 0 atom stereocenters. The Labute approximate surface area is 212 Å². The second-order valence-corrected chi connectivity index (χ2v) is 9.16. The van der Waals surface area contributed by atoms with E-state index in [2.05, 4.69) is 35.2 Å². The van der Waals surface area contributed by atoms with Crippen molar-refractivity contribution in [3.63, 3.8) is 0 Å². The summed E-state index contributed by atoms with van der Waals surface area (Å²) < 4.78 is 11.6. The van der Waals surface area contributed by atoms with Gasteiger partial charge in [-0.15, -0.1) is 0 Å². The van der Waals surface area contributed by atoms with Crippen LogP contribution in [0.25, 0.3) is 16.8 Å². The van der Waals surface area contributed by atoms with Crippen LogP contribution in [-0.2, 0) is 6.61 Å². The smallest absolute Gasteiger partial charge is 0.185 e. The highest BCUT2D eigenvalue weighted by Gasteiger charge is 2.11. The van der Waals surface area contributed by atoms with Gasteiger partial charge in [0.1, 0.15) is 18.1 Å². The zero-order valence-corrected chi connectivity index (χ0v) is 20.7. The van der Waals surface area contributed by atoms with Crippen LogP contribution >= 0.6 is 0 Å². The molecule has 1 saturated heterocycles. The first-order chi connectivity index (χ1) is 17.7. The first-order valence-corrected chi connectivity index (χ1v) is 12.6. The monoisotopic (exact) mass is 477 g/mol. The fourth-order valence-corrected chi connectivity index (χ4v) is 4.69. The molecule has 36 heavy (non-hydrogen) atoms. The molecule has 0 saturated carbocycles. The van der Waals surface area contributed by atoms with Gasteiger partial charge in [-0.1, -0.05) is 42.5 Å². The summed E-state index contributed by atoms with van der Waals surface area (Å²) in [5.41, 5.74) is 3.74. The van der Waals surface area contributed by atoms with Gasteiger partial charge >= 0.3 is 0 Å². The lowest BCUT2D eigenvalue weighted by Gasteiger charge is -2.28. The number of ether oxygens (including phenoxy) is 2. The van der Waals surface area contributed by atoms with Crippen molar-refractivity contribution in [1.82, 2.24) is 0 Å². The van der Waals surface area contributed by atoms with Crippen LogP contribution in [-0.4, -0.2) is 26.0 Å². The minimum atomic E-state index is -0.00928. The van der Waals surface area contributed by atoms with Gasteiger partial charge in [0.2, 0.25) is 0 Å². The van der Waals surface area contributed by atoms with Gasteiger partial charge in [-0.2, -0.15) is 0 Å². The van der Waals surface area contributed by atoms with E-state index in [1.807, 2.05) is 60.7 Å². The maximum Gasteiger partial charge on any atom is 0.185 e. The third kappa shape index (κ3) is 5.60. The van der Waals surface area contributed by atoms with Crippen molar-refractivity contribution >= 4 is 28.3 Å². The van der Waals surface area contributed by atoms with Gasteiger partial charge in [0.25, 0.3) is 0 Å². The lowest BCUT2D eigenvalue weighted by molar-refractivity contribution is 0.104. The van der Waals surface area contributed by atoms with Gasteiger partial charge in [-0.05, 0) is 90.2 Å². The molecule has 4 heteroatoms. The Kier molecular flexibility index (Phi) is 7.32. The Morgan fingerprint density at radius 2 is 1.64 bits per heavy atom. The molecule has 0 amide bonds. The van der Waals surface area contributed by atoms with Gasteiger partial charge in [0, 0.05) is 29.9 Å². The Balaban J connectivity index is 1.26. The maximum atomic E-state index is 12.8. The summed E-state index contributed by atoms with van der Waals surface area (Å²) in [6.07, 6.45) is 7.26. The lowest BCUT2D eigenvalue weighted by Crippen LogP contribution is -2.29. The average Bonchev–Trinajstić information content (AvgIpc) is 2.95. The number of rotatable bonds is 8. The van der Waals surface area contributed by atoms with E-state index in [4.69, 9.17) is 9.47 Å².